The summed E-state index contributed by atoms with van der Waals surface area (Å²) in [5.41, 5.74) is -0.106. The molecule has 0 aliphatic carbocycles. The van der Waals surface area contributed by atoms with E-state index in [2.05, 4.69) is 5.10 Å². The summed E-state index contributed by atoms with van der Waals surface area (Å²) in [6, 6.07) is 25.8. The highest BCUT2D eigenvalue weighted by Crippen LogP contribution is 2.20. The SMILES string of the molecule is CCOC(=O)C(C)(C)Oc1ccc(CCN(C)c2nn(OCc3ccccc3)c(=O)n(OCc3ccccc3)c2=O)cc1. The molecule has 1 aromatic heterocycles. The van der Waals surface area contributed by atoms with Gasteiger partial charge < -0.3 is 24.0 Å². The van der Waals surface area contributed by atoms with Crippen LogP contribution in [0.4, 0.5) is 5.82 Å². The number of aromatic nitrogens is 3. The second kappa shape index (κ2) is 14.2. The minimum absolute atomic E-state index is 0.00321. The van der Waals surface area contributed by atoms with Gasteiger partial charge in [0.2, 0.25) is 5.82 Å². The fourth-order valence-electron chi connectivity index (χ4n) is 4.06. The molecule has 0 amide bonds. The van der Waals surface area contributed by atoms with E-state index >= 15 is 0 Å². The number of anilines is 1. The van der Waals surface area contributed by atoms with Crippen LogP contribution in [0.2, 0.25) is 0 Å². The molecule has 4 aromatic rings. The third-order valence-electron chi connectivity index (χ3n) is 6.46. The van der Waals surface area contributed by atoms with E-state index in [0.29, 0.717) is 23.4 Å². The Kier molecular flexibility index (Phi) is 10.2. The van der Waals surface area contributed by atoms with Gasteiger partial charge in [-0.3, -0.25) is 4.79 Å². The quantitative estimate of drug-likeness (QED) is 0.205. The zero-order chi connectivity index (χ0) is 30.8. The van der Waals surface area contributed by atoms with Gasteiger partial charge in [0.1, 0.15) is 19.0 Å². The summed E-state index contributed by atoms with van der Waals surface area (Å²) in [5, 5.41) is 4.23. The van der Waals surface area contributed by atoms with Crippen molar-refractivity contribution in [3.05, 3.63) is 122 Å². The van der Waals surface area contributed by atoms with E-state index in [4.69, 9.17) is 19.1 Å². The highest BCUT2D eigenvalue weighted by molar-refractivity contribution is 5.79. The number of esters is 1. The predicted octanol–water partition coefficient (Wildman–Crippen LogP) is 3.06. The molecule has 0 saturated heterocycles. The average molecular weight is 589 g/mol. The summed E-state index contributed by atoms with van der Waals surface area (Å²) in [4.78, 5) is 52.4. The van der Waals surface area contributed by atoms with Gasteiger partial charge >= 0.3 is 17.2 Å². The molecule has 0 bridgehead atoms. The van der Waals surface area contributed by atoms with E-state index in [1.807, 2.05) is 72.8 Å². The van der Waals surface area contributed by atoms with E-state index in [9.17, 15) is 14.4 Å². The number of nitrogens with zero attached hydrogens (tertiary/aromatic N) is 4. The molecule has 0 aliphatic rings. The molecule has 11 heteroatoms. The Labute approximate surface area is 249 Å². The van der Waals surface area contributed by atoms with Gasteiger partial charge in [0.05, 0.1) is 6.61 Å². The van der Waals surface area contributed by atoms with Gasteiger partial charge in [-0.2, -0.15) is 0 Å². The van der Waals surface area contributed by atoms with E-state index in [1.165, 1.54) is 0 Å². The molecule has 0 saturated carbocycles. The molecule has 3 aromatic carbocycles. The summed E-state index contributed by atoms with van der Waals surface area (Å²) in [6.45, 7) is 5.79. The Hall–Kier alpha value is -5.06. The minimum atomic E-state index is -1.13. The molecule has 0 atom stereocenters. The van der Waals surface area contributed by atoms with Crippen LogP contribution in [-0.2, 0) is 29.2 Å². The van der Waals surface area contributed by atoms with Crippen LogP contribution in [-0.4, -0.2) is 46.4 Å². The summed E-state index contributed by atoms with van der Waals surface area (Å²) >= 11 is 0. The van der Waals surface area contributed by atoms with Gasteiger partial charge in [-0.15, -0.1) is 5.10 Å². The van der Waals surface area contributed by atoms with Crippen LogP contribution in [0.1, 0.15) is 37.5 Å². The van der Waals surface area contributed by atoms with Crippen LogP contribution >= 0.6 is 0 Å². The van der Waals surface area contributed by atoms with Gasteiger partial charge in [-0.05, 0) is 60.9 Å². The van der Waals surface area contributed by atoms with Crippen molar-refractivity contribution < 1.29 is 23.9 Å². The van der Waals surface area contributed by atoms with Gasteiger partial charge in [0.15, 0.2) is 5.60 Å². The number of ether oxygens (including phenoxy) is 2. The van der Waals surface area contributed by atoms with Crippen LogP contribution in [0.15, 0.2) is 94.5 Å². The highest BCUT2D eigenvalue weighted by Gasteiger charge is 2.31. The smallest absolute Gasteiger partial charge is 0.415 e. The number of likely N-dealkylation sites (N-methyl/N-ethyl adjacent to an activating group) is 1. The molecule has 11 nitrogen and oxygen atoms in total. The molecule has 226 valence electrons. The maximum absolute atomic E-state index is 13.4. The number of rotatable bonds is 14. The number of benzene rings is 3. The Morgan fingerprint density at radius 2 is 1.42 bits per heavy atom. The highest BCUT2D eigenvalue weighted by atomic mass is 16.7. The minimum Gasteiger partial charge on any atom is -0.476 e. The van der Waals surface area contributed by atoms with Crippen LogP contribution in [0.5, 0.6) is 5.75 Å². The van der Waals surface area contributed by atoms with Crippen molar-refractivity contribution >= 4 is 11.8 Å². The monoisotopic (exact) mass is 588 g/mol. The second-order valence-corrected chi connectivity index (χ2v) is 10.2. The second-order valence-electron chi connectivity index (χ2n) is 10.2. The first-order valence-electron chi connectivity index (χ1n) is 13.9. The Bertz CT molecular complexity index is 1600. The van der Waals surface area contributed by atoms with Gasteiger partial charge in [-0.1, -0.05) is 77.5 Å². The first kappa shape index (κ1) is 30.9. The third kappa shape index (κ3) is 8.25. The first-order chi connectivity index (χ1) is 20.7. The molecule has 43 heavy (non-hydrogen) atoms. The van der Waals surface area contributed by atoms with Crippen LogP contribution in [0.3, 0.4) is 0 Å². The largest absolute Gasteiger partial charge is 0.476 e. The number of hydrogen-bond donors (Lipinski definition) is 0. The summed E-state index contributed by atoms with van der Waals surface area (Å²) in [7, 11) is 1.70. The molecule has 0 N–H and O–H groups in total. The maximum atomic E-state index is 13.4. The van der Waals surface area contributed by atoms with Gasteiger partial charge in [0.25, 0.3) is 0 Å². The standard InChI is InChI=1S/C32H36N4O7/c1-5-40-30(38)32(2,3)43-27-18-16-24(17-19-27)20-21-34(4)28-29(37)35(41-22-25-12-8-6-9-13-25)31(39)36(33-28)42-23-26-14-10-7-11-15-26/h6-19H,5,20-23H2,1-4H3. The van der Waals surface area contributed by atoms with Gasteiger partial charge in [0, 0.05) is 13.6 Å². The van der Waals surface area contributed by atoms with Crippen molar-refractivity contribution in [1.29, 1.82) is 0 Å². The van der Waals surface area contributed by atoms with Crippen molar-refractivity contribution in [3.8, 4) is 5.75 Å². The van der Waals surface area contributed by atoms with E-state index < -0.39 is 22.8 Å². The maximum Gasteiger partial charge on any atom is 0.415 e. The third-order valence-corrected chi connectivity index (χ3v) is 6.46. The van der Waals surface area contributed by atoms with Crippen LogP contribution < -0.4 is 30.6 Å². The molecule has 0 unspecified atom stereocenters. The van der Waals surface area contributed by atoms with E-state index in [-0.39, 0.29) is 25.6 Å². The fraction of sp³-hybridized carbons (Fsp3) is 0.312. The first-order valence-corrected chi connectivity index (χ1v) is 13.9. The zero-order valence-corrected chi connectivity index (χ0v) is 24.8. The number of hydrogen-bond acceptors (Lipinski definition) is 9. The Morgan fingerprint density at radius 3 is 2.00 bits per heavy atom. The van der Waals surface area contributed by atoms with E-state index in [1.54, 1.807) is 44.9 Å². The lowest BCUT2D eigenvalue weighted by Crippen LogP contribution is -2.49. The van der Waals surface area contributed by atoms with Crippen molar-refractivity contribution in [2.75, 3.05) is 25.1 Å². The van der Waals surface area contributed by atoms with Crippen LogP contribution in [0.25, 0.3) is 0 Å². The molecule has 0 fully saturated rings. The normalized spacial score (nSPS) is 11.1. The van der Waals surface area contributed by atoms with Crippen molar-refractivity contribution in [3.63, 3.8) is 0 Å². The number of carbonyl (C=O) groups is 1. The molecule has 1 heterocycles. The lowest BCUT2D eigenvalue weighted by atomic mass is 10.1. The van der Waals surface area contributed by atoms with E-state index in [0.717, 1.165) is 21.5 Å². The summed E-state index contributed by atoms with van der Waals surface area (Å²) in [6.07, 6.45) is 0.550. The lowest BCUT2D eigenvalue weighted by molar-refractivity contribution is -0.158. The van der Waals surface area contributed by atoms with Crippen molar-refractivity contribution in [2.45, 2.75) is 46.0 Å². The lowest BCUT2D eigenvalue weighted by Gasteiger charge is -2.24. The summed E-state index contributed by atoms with van der Waals surface area (Å²) < 4.78 is 11.6. The predicted molar refractivity (Wildman–Crippen MR) is 161 cm³/mol. The average Bonchev–Trinajstić information content (AvgIpc) is 3.01. The van der Waals surface area contributed by atoms with Gasteiger partial charge in [-0.25, -0.2) is 9.59 Å². The Morgan fingerprint density at radius 1 is 0.837 bits per heavy atom. The summed E-state index contributed by atoms with van der Waals surface area (Å²) in [5.74, 6) is 0.0653. The molecule has 0 spiro atoms. The molecular formula is C32H36N4O7. The number of carbonyl (C=O) groups excluding carboxylic acids is 1. The zero-order valence-electron chi connectivity index (χ0n) is 24.8. The topological polar surface area (TPSA) is 114 Å². The van der Waals surface area contributed by atoms with Crippen molar-refractivity contribution in [2.24, 2.45) is 0 Å². The molecular weight excluding hydrogens is 552 g/mol. The molecule has 4 rings (SSSR count). The Balaban J connectivity index is 1.50. The van der Waals surface area contributed by atoms with Crippen LogP contribution in [0, 0.1) is 0 Å². The molecule has 0 aliphatic heterocycles. The molecule has 0 radical (unpaired) electrons. The fourth-order valence-corrected chi connectivity index (χ4v) is 4.06. The van der Waals surface area contributed by atoms with Crippen molar-refractivity contribution in [1.82, 2.24) is 14.7 Å².